The van der Waals surface area contributed by atoms with E-state index in [1.54, 1.807) is 0 Å². The number of ether oxygens (including phenoxy) is 1. The Labute approximate surface area is 121 Å². The van der Waals surface area contributed by atoms with E-state index in [-0.39, 0.29) is 10.6 Å². The van der Waals surface area contributed by atoms with Crippen LogP contribution in [0.25, 0.3) is 0 Å². The predicted molar refractivity (Wildman–Crippen MR) is 74.9 cm³/mol. The van der Waals surface area contributed by atoms with Gasteiger partial charge in [0.1, 0.15) is 5.75 Å². The normalized spacial score (nSPS) is 11.2. The molecule has 0 bridgehead atoms. The first-order valence-corrected chi connectivity index (χ1v) is 7.38. The van der Waals surface area contributed by atoms with Gasteiger partial charge < -0.3 is 4.74 Å². The van der Waals surface area contributed by atoms with E-state index in [1.165, 1.54) is 44.5 Å². The van der Waals surface area contributed by atoms with Gasteiger partial charge in [-0.05, 0) is 36.4 Å². The van der Waals surface area contributed by atoms with Crippen LogP contribution in [0.1, 0.15) is 0 Å². The van der Waals surface area contributed by atoms with E-state index in [9.17, 15) is 17.2 Å². The third-order valence-electron chi connectivity index (χ3n) is 2.98. The summed E-state index contributed by atoms with van der Waals surface area (Å²) < 4.78 is 56.8. The van der Waals surface area contributed by atoms with Crippen molar-refractivity contribution in [1.82, 2.24) is 0 Å². The third kappa shape index (κ3) is 2.97. The largest absolute Gasteiger partial charge is 0.497 e. The monoisotopic (exact) mass is 313 g/mol. The van der Waals surface area contributed by atoms with Gasteiger partial charge in [-0.15, -0.1) is 0 Å². The molecule has 0 N–H and O–H groups in total. The lowest BCUT2D eigenvalue weighted by molar-refractivity contribution is 0.414. The van der Waals surface area contributed by atoms with Crippen LogP contribution in [0.4, 0.5) is 14.5 Å². The summed E-state index contributed by atoms with van der Waals surface area (Å²) in [4.78, 5) is 0.0236. The minimum absolute atomic E-state index is 0.0236. The summed E-state index contributed by atoms with van der Waals surface area (Å²) in [6, 6.07) is 8.67. The summed E-state index contributed by atoms with van der Waals surface area (Å²) in [5, 5.41) is 0. The highest BCUT2D eigenvalue weighted by Crippen LogP contribution is 2.24. The molecular weight excluding hydrogens is 300 g/mol. The zero-order valence-electron chi connectivity index (χ0n) is 11.4. The fraction of sp³-hybridized carbons (Fsp3) is 0.143. The molecule has 0 unspecified atom stereocenters. The highest BCUT2D eigenvalue weighted by Gasteiger charge is 2.22. The second-order valence-electron chi connectivity index (χ2n) is 4.25. The van der Waals surface area contributed by atoms with E-state index in [0.29, 0.717) is 5.75 Å². The first-order valence-electron chi connectivity index (χ1n) is 5.94. The van der Waals surface area contributed by atoms with E-state index in [4.69, 9.17) is 4.74 Å². The van der Waals surface area contributed by atoms with Gasteiger partial charge in [-0.1, -0.05) is 0 Å². The van der Waals surface area contributed by atoms with Crippen LogP contribution in [-0.2, 0) is 10.0 Å². The fourth-order valence-electron chi connectivity index (χ4n) is 1.73. The number of hydrogen-bond acceptors (Lipinski definition) is 3. The third-order valence-corrected chi connectivity index (χ3v) is 4.78. The average molecular weight is 313 g/mol. The molecule has 21 heavy (non-hydrogen) atoms. The van der Waals surface area contributed by atoms with Crippen molar-refractivity contribution < 1.29 is 21.9 Å². The molecule has 0 spiro atoms. The van der Waals surface area contributed by atoms with Crippen LogP contribution in [0.15, 0.2) is 47.4 Å². The molecule has 0 atom stereocenters. The Kier molecular flexibility index (Phi) is 4.13. The molecular formula is C14H13F2NO3S. The lowest BCUT2D eigenvalue weighted by atomic mass is 10.3. The fourth-order valence-corrected chi connectivity index (χ4v) is 2.91. The van der Waals surface area contributed by atoms with Gasteiger partial charge in [0.25, 0.3) is 10.0 Å². The number of benzene rings is 2. The summed E-state index contributed by atoms with van der Waals surface area (Å²) >= 11 is 0. The minimum Gasteiger partial charge on any atom is -0.497 e. The van der Waals surface area contributed by atoms with Crippen molar-refractivity contribution in [1.29, 1.82) is 0 Å². The molecule has 0 aromatic heterocycles. The molecule has 2 aromatic carbocycles. The minimum atomic E-state index is -3.86. The number of halogens is 2. The molecule has 0 aliphatic rings. The van der Waals surface area contributed by atoms with Crippen LogP contribution in [0.5, 0.6) is 5.75 Å². The number of nitrogens with zero attached hydrogens (tertiary/aromatic N) is 1. The lowest BCUT2D eigenvalue weighted by Crippen LogP contribution is -2.26. The van der Waals surface area contributed by atoms with Gasteiger partial charge >= 0.3 is 0 Å². The van der Waals surface area contributed by atoms with Crippen LogP contribution >= 0.6 is 0 Å². The first-order chi connectivity index (χ1) is 9.86. The zero-order valence-corrected chi connectivity index (χ0v) is 12.2. The topological polar surface area (TPSA) is 46.6 Å². The van der Waals surface area contributed by atoms with Crippen molar-refractivity contribution in [2.45, 2.75) is 4.90 Å². The Hall–Kier alpha value is -2.15. The Morgan fingerprint density at radius 1 is 1.00 bits per heavy atom. The van der Waals surface area contributed by atoms with Crippen LogP contribution in [0.3, 0.4) is 0 Å². The zero-order chi connectivity index (χ0) is 15.6. The summed E-state index contributed by atoms with van der Waals surface area (Å²) in [5.74, 6) is -1.62. The van der Waals surface area contributed by atoms with E-state index < -0.39 is 21.7 Å². The molecule has 0 heterocycles. The van der Waals surface area contributed by atoms with Gasteiger partial charge in [0.2, 0.25) is 0 Å². The SMILES string of the molecule is COc1ccc(S(=O)(=O)N(C)c2ccc(F)c(F)c2)cc1. The predicted octanol–water partition coefficient (Wildman–Crippen LogP) is 2.80. The molecule has 2 rings (SSSR count). The van der Waals surface area contributed by atoms with Crippen molar-refractivity contribution >= 4 is 15.7 Å². The Morgan fingerprint density at radius 3 is 2.14 bits per heavy atom. The summed E-state index contributed by atoms with van der Waals surface area (Å²) in [6.45, 7) is 0. The quantitative estimate of drug-likeness (QED) is 0.872. The highest BCUT2D eigenvalue weighted by molar-refractivity contribution is 7.92. The molecule has 0 saturated carbocycles. The van der Waals surface area contributed by atoms with Gasteiger partial charge in [-0.2, -0.15) is 0 Å². The average Bonchev–Trinajstić information content (AvgIpc) is 2.49. The van der Waals surface area contributed by atoms with Crippen LogP contribution < -0.4 is 9.04 Å². The van der Waals surface area contributed by atoms with Crippen LogP contribution in [0.2, 0.25) is 0 Å². The molecule has 0 aliphatic heterocycles. The van der Waals surface area contributed by atoms with Crippen LogP contribution in [0, 0.1) is 11.6 Å². The molecule has 0 saturated heterocycles. The van der Waals surface area contributed by atoms with Crippen molar-refractivity contribution in [3.05, 3.63) is 54.1 Å². The van der Waals surface area contributed by atoms with Gasteiger partial charge in [-0.25, -0.2) is 17.2 Å². The summed E-state index contributed by atoms with van der Waals surface area (Å²) in [5.41, 5.74) is 0.0321. The molecule has 0 aliphatic carbocycles. The Balaban J connectivity index is 2.39. The molecule has 7 heteroatoms. The van der Waals surface area contributed by atoms with Gasteiger partial charge in [0, 0.05) is 13.1 Å². The standard InChI is InChI=1S/C14H13F2NO3S/c1-17(10-3-8-13(15)14(16)9-10)21(18,19)12-6-4-11(20-2)5-7-12/h3-9H,1-2H3. The molecule has 0 fully saturated rings. The van der Waals surface area contributed by atoms with Crippen LogP contribution in [-0.4, -0.2) is 22.6 Å². The lowest BCUT2D eigenvalue weighted by Gasteiger charge is -2.19. The molecule has 4 nitrogen and oxygen atoms in total. The van der Waals surface area contributed by atoms with Gasteiger partial charge in [-0.3, -0.25) is 4.31 Å². The van der Waals surface area contributed by atoms with Crippen molar-refractivity contribution in [2.24, 2.45) is 0 Å². The maximum atomic E-state index is 13.2. The maximum Gasteiger partial charge on any atom is 0.264 e. The molecule has 2 aromatic rings. The number of anilines is 1. The van der Waals surface area contributed by atoms with E-state index >= 15 is 0 Å². The summed E-state index contributed by atoms with van der Waals surface area (Å²) in [7, 11) is -1.12. The van der Waals surface area contributed by atoms with Gasteiger partial charge in [0.05, 0.1) is 17.7 Å². The number of sulfonamides is 1. The molecule has 112 valence electrons. The molecule has 0 amide bonds. The van der Waals surface area contributed by atoms with E-state index in [2.05, 4.69) is 0 Å². The first kappa shape index (κ1) is 15.2. The Morgan fingerprint density at radius 2 is 1.62 bits per heavy atom. The highest BCUT2D eigenvalue weighted by atomic mass is 32.2. The van der Waals surface area contributed by atoms with E-state index in [0.717, 1.165) is 16.4 Å². The van der Waals surface area contributed by atoms with Crippen molar-refractivity contribution in [3.63, 3.8) is 0 Å². The van der Waals surface area contributed by atoms with Gasteiger partial charge in [0.15, 0.2) is 11.6 Å². The van der Waals surface area contributed by atoms with Crippen molar-refractivity contribution in [3.8, 4) is 5.75 Å². The second kappa shape index (κ2) is 5.69. The number of hydrogen-bond donors (Lipinski definition) is 0. The van der Waals surface area contributed by atoms with Crippen molar-refractivity contribution in [2.75, 3.05) is 18.5 Å². The number of rotatable bonds is 4. The maximum absolute atomic E-state index is 13.2. The number of methoxy groups -OCH3 is 1. The smallest absolute Gasteiger partial charge is 0.264 e. The van der Waals surface area contributed by atoms with E-state index in [1.807, 2.05) is 0 Å². The second-order valence-corrected chi connectivity index (χ2v) is 6.22. The molecule has 0 radical (unpaired) electrons. The Bertz CT molecular complexity index is 745. The summed E-state index contributed by atoms with van der Waals surface area (Å²) in [6.07, 6.45) is 0.